The second kappa shape index (κ2) is 9.71. The molecule has 1 heterocycles. The van der Waals surface area contributed by atoms with Crippen LogP contribution in [0.25, 0.3) is 6.08 Å². The van der Waals surface area contributed by atoms with Gasteiger partial charge in [0, 0.05) is 18.7 Å². The largest absolute Gasteiger partial charge is 0.494 e. The van der Waals surface area contributed by atoms with Crippen LogP contribution in [0, 0.1) is 6.92 Å². The highest BCUT2D eigenvalue weighted by molar-refractivity contribution is 8.26. The maximum absolute atomic E-state index is 12.7. The first-order chi connectivity index (χ1) is 14.0. The maximum Gasteiger partial charge on any atom is 0.266 e. The number of ether oxygens (including phenoxy) is 1. The van der Waals surface area contributed by atoms with Crippen LogP contribution in [0.3, 0.4) is 0 Å². The lowest BCUT2D eigenvalue weighted by Crippen LogP contribution is -2.31. The summed E-state index contributed by atoms with van der Waals surface area (Å²) in [4.78, 5) is 27.0. The van der Waals surface area contributed by atoms with Crippen molar-refractivity contribution in [2.75, 3.05) is 18.5 Å². The zero-order valence-corrected chi connectivity index (χ0v) is 17.9. The molecule has 1 aliphatic heterocycles. The van der Waals surface area contributed by atoms with E-state index in [-0.39, 0.29) is 24.8 Å². The summed E-state index contributed by atoms with van der Waals surface area (Å²) < 4.78 is 5.86. The second-order valence-electron chi connectivity index (χ2n) is 6.50. The summed E-state index contributed by atoms with van der Waals surface area (Å²) in [5.41, 5.74) is 2.79. The Morgan fingerprint density at radius 2 is 1.86 bits per heavy atom. The van der Waals surface area contributed by atoms with Crippen LogP contribution in [0.2, 0.25) is 0 Å². The van der Waals surface area contributed by atoms with Gasteiger partial charge in [0.05, 0.1) is 11.5 Å². The Bertz CT molecular complexity index is 938. The highest BCUT2D eigenvalue weighted by Gasteiger charge is 2.32. The first-order valence-corrected chi connectivity index (χ1v) is 10.5. The van der Waals surface area contributed by atoms with E-state index in [0.29, 0.717) is 21.5 Å². The van der Waals surface area contributed by atoms with Crippen molar-refractivity contribution in [3.05, 3.63) is 64.6 Å². The van der Waals surface area contributed by atoms with Crippen LogP contribution in [-0.4, -0.2) is 34.2 Å². The number of amides is 2. The molecule has 2 amide bonds. The summed E-state index contributed by atoms with van der Waals surface area (Å²) in [6.07, 6.45) is 2.00. The van der Waals surface area contributed by atoms with Gasteiger partial charge < -0.3 is 10.1 Å². The number of rotatable bonds is 7. The summed E-state index contributed by atoms with van der Waals surface area (Å²) in [5.74, 6) is 0.420. The van der Waals surface area contributed by atoms with Crippen molar-refractivity contribution in [3.63, 3.8) is 0 Å². The van der Waals surface area contributed by atoms with E-state index in [4.69, 9.17) is 17.0 Å². The van der Waals surface area contributed by atoms with E-state index in [9.17, 15) is 9.59 Å². The van der Waals surface area contributed by atoms with Gasteiger partial charge in [0.1, 0.15) is 10.1 Å². The van der Waals surface area contributed by atoms with Crippen LogP contribution in [-0.2, 0) is 9.59 Å². The van der Waals surface area contributed by atoms with E-state index < -0.39 is 0 Å². The number of anilines is 1. The summed E-state index contributed by atoms with van der Waals surface area (Å²) in [7, 11) is 0. The Labute approximate surface area is 180 Å². The first kappa shape index (κ1) is 21.1. The van der Waals surface area contributed by atoms with Crippen LogP contribution < -0.4 is 10.1 Å². The van der Waals surface area contributed by atoms with Crippen LogP contribution in [0.5, 0.6) is 5.75 Å². The van der Waals surface area contributed by atoms with Crippen molar-refractivity contribution in [3.8, 4) is 5.75 Å². The summed E-state index contributed by atoms with van der Waals surface area (Å²) in [5, 5.41) is 2.82. The number of thiocarbonyl (C=S) groups is 1. The molecule has 150 valence electrons. The van der Waals surface area contributed by atoms with E-state index in [2.05, 4.69) is 5.32 Å². The molecule has 0 radical (unpaired) electrons. The molecule has 0 atom stereocenters. The predicted octanol–water partition coefficient (Wildman–Crippen LogP) is 4.62. The van der Waals surface area contributed by atoms with Crippen LogP contribution in [0.1, 0.15) is 24.5 Å². The highest BCUT2D eigenvalue weighted by atomic mass is 32.2. The van der Waals surface area contributed by atoms with Crippen molar-refractivity contribution < 1.29 is 14.3 Å². The zero-order chi connectivity index (χ0) is 20.8. The van der Waals surface area contributed by atoms with Crippen molar-refractivity contribution >= 4 is 51.9 Å². The molecule has 29 heavy (non-hydrogen) atoms. The molecule has 1 saturated heterocycles. The van der Waals surface area contributed by atoms with E-state index >= 15 is 0 Å². The van der Waals surface area contributed by atoms with Gasteiger partial charge in [-0.2, -0.15) is 0 Å². The van der Waals surface area contributed by atoms with Crippen LogP contribution >= 0.6 is 24.0 Å². The molecule has 0 aliphatic carbocycles. The lowest BCUT2D eigenvalue weighted by molar-refractivity contribution is -0.122. The molecule has 3 rings (SSSR count). The van der Waals surface area contributed by atoms with Gasteiger partial charge in [0.2, 0.25) is 5.91 Å². The number of nitrogens with zero attached hydrogens (tertiary/aromatic N) is 1. The Balaban J connectivity index is 1.55. The Hall–Kier alpha value is -2.64. The lowest BCUT2D eigenvalue weighted by Gasteiger charge is -2.14. The molecule has 0 bridgehead atoms. The molecule has 1 fully saturated rings. The van der Waals surface area contributed by atoms with E-state index in [1.807, 2.05) is 44.2 Å². The lowest BCUT2D eigenvalue weighted by atomic mass is 10.1. The minimum atomic E-state index is -0.175. The minimum Gasteiger partial charge on any atom is -0.494 e. The van der Waals surface area contributed by atoms with Crippen molar-refractivity contribution in [2.45, 2.75) is 20.3 Å². The SMILES string of the molecule is CCOc1ccc(NC(=O)CCN2C(=O)/C(=C/c3ccc(C)cc3)SC2=S)cc1. The van der Waals surface area contributed by atoms with Gasteiger partial charge in [-0.05, 0) is 49.8 Å². The molecule has 0 unspecified atom stereocenters. The smallest absolute Gasteiger partial charge is 0.266 e. The van der Waals surface area contributed by atoms with Crippen LogP contribution in [0.4, 0.5) is 5.69 Å². The third kappa shape index (κ3) is 5.68. The van der Waals surface area contributed by atoms with Gasteiger partial charge >= 0.3 is 0 Å². The molecule has 1 aliphatic rings. The number of carbonyl (C=O) groups excluding carboxylic acids is 2. The monoisotopic (exact) mass is 426 g/mol. The van der Waals surface area contributed by atoms with Crippen molar-refractivity contribution in [1.82, 2.24) is 4.90 Å². The molecule has 0 saturated carbocycles. The number of hydrogen-bond donors (Lipinski definition) is 1. The normalized spacial score (nSPS) is 15.1. The average Bonchev–Trinajstić information content (AvgIpc) is 2.96. The fourth-order valence-electron chi connectivity index (χ4n) is 2.74. The first-order valence-electron chi connectivity index (χ1n) is 9.31. The number of carbonyl (C=O) groups is 2. The average molecular weight is 427 g/mol. The second-order valence-corrected chi connectivity index (χ2v) is 8.18. The molecule has 0 spiro atoms. The summed E-state index contributed by atoms with van der Waals surface area (Å²) in [6.45, 7) is 4.77. The fourth-order valence-corrected chi connectivity index (χ4v) is 4.05. The zero-order valence-electron chi connectivity index (χ0n) is 16.3. The molecule has 2 aromatic rings. The Morgan fingerprint density at radius 3 is 2.52 bits per heavy atom. The number of thioether (sulfide) groups is 1. The number of aryl methyl sites for hydroxylation is 1. The van der Waals surface area contributed by atoms with Gasteiger partial charge in [0.25, 0.3) is 5.91 Å². The topological polar surface area (TPSA) is 58.6 Å². The number of nitrogens with one attached hydrogen (secondary N) is 1. The summed E-state index contributed by atoms with van der Waals surface area (Å²) in [6, 6.07) is 15.1. The molecule has 1 N–H and O–H groups in total. The summed E-state index contributed by atoms with van der Waals surface area (Å²) >= 11 is 6.60. The van der Waals surface area contributed by atoms with Crippen LogP contribution in [0.15, 0.2) is 53.4 Å². The standard InChI is InChI=1S/C22H22N2O3S2/c1-3-27-18-10-8-17(9-11-18)23-20(25)12-13-24-21(26)19(29-22(24)28)14-16-6-4-15(2)5-7-16/h4-11,14H,3,12-13H2,1-2H3,(H,23,25)/b19-14-. The van der Waals surface area contributed by atoms with Crippen molar-refractivity contribution in [1.29, 1.82) is 0 Å². The van der Waals surface area contributed by atoms with Gasteiger partial charge in [0.15, 0.2) is 0 Å². The highest BCUT2D eigenvalue weighted by Crippen LogP contribution is 2.32. The molecule has 5 nitrogen and oxygen atoms in total. The number of hydrogen-bond acceptors (Lipinski definition) is 5. The Morgan fingerprint density at radius 1 is 1.17 bits per heavy atom. The van der Waals surface area contributed by atoms with E-state index in [1.165, 1.54) is 16.7 Å². The molecular weight excluding hydrogens is 404 g/mol. The molecular formula is C22H22N2O3S2. The molecule has 0 aromatic heterocycles. The fraction of sp³-hybridized carbons (Fsp3) is 0.227. The van der Waals surface area contributed by atoms with Gasteiger partial charge in [-0.1, -0.05) is 53.8 Å². The van der Waals surface area contributed by atoms with Gasteiger partial charge in [-0.25, -0.2) is 0 Å². The Kier molecular flexibility index (Phi) is 7.06. The molecule has 2 aromatic carbocycles. The van der Waals surface area contributed by atoms with Gasteiger partial charge in [-0.3, -0.25) is 14.5 Å². The third-order valence-electron chi connectivity index (χ3n) is 4.26. The van der Waals surface area contributed by atoms with E-state index in [0.717, 1.165) is 16.9 Å². The molecule has 7 heteroatoms. The quantitative estimate of drug-likeness (QED) is 0.517. The maximum atomic E-state index is 12.7. The predicted molar refractivity (Wildman–Crippen MR) is 122 cm³/mol. The third-order valence-corrected chi connectivity index (χ3v) is 5.64. The number of benzene rings is 2. The van der Waals surface area contributed by atoms with E-state index in [1.54, 1.807) is 24.3 Å². The van der Waals surface area contributed by atoms with Gasteiger partial charge in [-0.15, -0.1) is 0 Å². The van der Waals surface area contributed by atoms with Crippen molar-refractivity contribution in [2.24, 2.45) is 0 Å². The minimum absolute atomic E-state index is 0.158.